The fourth-order valence-electron chi connectivity index (χ4n) is 2.80. The van der Waals surface area contributed by atoms with Crippen LogP contribution in [0.5, 0.6) is 0 Å². The summed E-state index contributed by atoms with van der Waals surface area (Å²) in [6.45, 7) is 0. The second-order valence-electron chi connectivity index (χ2n) is 5.26. The molecule has 3 nitrogen and oxygen atoms in total. The van der Waals surface area contributed by atoms with Gasteiger partial charge in [0.2, 0.25) is 11.6 Å². The summed E-state index contributed by atoms with van der Waals surface area (Å²) in [4.78, 5) is 24.5. The quantitative estimate of drug-likeness (QED) is 0.842. The molecule has 0 atom stereocenters. The number of Topliss-reactive ketones (excluding diaryl/α,β-unsaturated/α-hetero) is 2. The Hall–Kier alpha value is -1.55. The Morgan fingerprint density at radius 3 is 2.30 bits per heavy atom. The molecule has 0 heterocycles. The Labute approximate surface area is 122 Å². The van der Waals surface area contributed by atoms with Crippen LogP contribution in [0.2, 0.25) is 0 Å². The minimum atomic E-state index is -0.559. The lowest BCUT2D eigenvalue weighted by atomic mass is 9.94. The summed E-state index contributed by atoms with van der Waals surface area (Å²) in [5.74, 6) is -1.09. The van der Waals surface area contributed by atoms with Crippen molar-refractivity contribution < 1.29 is 14.7 Å². The van der Waals surface area contributed by atoms with Crippen LogP contribution in [0.3, 0.4) is 0 Å². The van der Waals surface area contributed by atoms with Gasteiger partial charge in [-0.1, -0.05) is 43.5 Å². The zero-order valence-electron chi connectivity index (χ0n) is 11.1. The number of carbonyl (C=O) groups excluding carboxylic acids is 2. The Bertz CT molecular complexity index is 597. The van der Waals surface area contributed by atoms with Crippen molar-refractivity contribution in [2.24, 2.45) is 0 Å². The van der Waals surface area contributed by atoms with E-state index in [0.717, 1.165) is 25.7 Å². The summed E-state index contributed by atoms with van der Waals surface area (Å²) in [7, 11) is 0. The van der Waals surface area contributed by atoms with Gasteiger partial charge in [-0.05, 0) is 12.8 Å². The van der Waals surface area contributed by atoms with E-state index < -0.39 is 11.6 Å². The molecule has 1 aromatic carbocycles. The van der Waals surface area contributed by atoms with Crippen LogP contribution in [0.4, 0.5) is 0 Å². The first-order valence-electron chi connectivity index (χ1n) is 6.97. The fraction of sp³-hybridized carbons (Fsp3) is 0.375. The van der Waals surface area contributed by atoms with Crippen LogP contribution < -0.4 is 0 Å². The van der Waals surface area contributed by atoms with E-state index in [1.165, 1.54) is 18.2 Å². The number of benzene rings is 1. The van der Waals surface area contributed by atoms with Crippen molar-refractivity contribution in [2.45, 2.75) is 37.4 Å². The van der Waals surface area contributed by atoms with E-state index in [2.05, 4.69) is 0 Å². The number of thioether (sulfide) groups is 1. The van der Waals surface area contributed by atoms with Gasteiger partial charge in [-0.3, -0.25) is 9.59 Å². The highest BCUT2D eigenvalue weighted by atomic mass is 32.2. The van der Waals surface area contributed by atoms with Crippen LogP contribution in [0.15, 0.2) is 29.2 Å². The maximum Gasteiger partial charge on any atom is 0.243 e. The van der Waals surface area contributed by atoms with Gasteiger partial charge < -0.3 is 5.11 Å². The zero-order chi connectivity index (χ0) is 14.1. The minimum Gasteiger partial charge on any atom is -0.506 e. The fourth-order valence-corrected chi connectivity index (χ4v) is 4.13. The SMILES string of the molecule is O=C1C(=O)c2ccccc2C(O)=C1SC1CCCCC1. The molecule has 3 rings (SSSR count). The molecule has 104 valence electrons. The van der Waals surface area contributed by atoms with E-state index in [0.29, 0.717) is 16.4 Å². The first-order chi connectivity index (χ1) is 9.68. The molecule has 0 saturated heterocycles. The Kier molecular flexibility index (Phi) is 3.66. The summed E-state index contributed by atoms with van der Waals surface area (Å²) in [5.41, 5.74) is 0.790. The molecule has 1 saturated carbocycles. The maximum atomic E-state index is 12.2. The van der Waals surface area contributed by atoms with E-state index in [1.807, 2.05) is 0 Å². The van der Waals surface area contributed by atoms with Crippen molar-refractivity contribution in [1.82, 2.24) is 0 Å². The first kappa shape index (κ1) is 13.4. The standard InChI is InChI=1S/C16H16O3S/c17-13-11-8-4-5-9-12(11)14(18)16(15(13)19)20-10-6-2-1-3-7-10/h4-5,8-10,18H,1-3,6-7H2. The minimum absolute atomic E-state index is 0.0271. The third-order valence-corrected chi connectivity index (χ3v) is 5.31. The average molecular weight is 288 g/mol. The van der Waals surface area contributed by atoms with Crippen LogP contribution in [-0.4, -0.2) is 21.9 Å². The topological polar surface area (TPSA) is 54.4 Å². The lowest BCUT2D eigenvalue weighted by Gasteiger charge is -2.24. The van der Waals surface area contributed by atoms with Crippen molar-refractivity contribution in [2.75, 3.05) is 0 Å². The monoisotopic (exact) mass is 288 g/mol. The number of aliphatic hydroxyl groups excluding tert-OH is 1. The van der Waals surface area contributed by atoms with Crippen LogP contribution >= 0.6 is 11.8 Å². The molecule has 0 bridgehead atoms. The second kappa shape index (κ2) is 5.44. The first-order valence-corrected chi connectivity index (χ1v) is 7.85. The third kappa shape index (κ3) is 2.29. The largest absolute Gasteiger partial charge is 0.506 e. The molecule has 0 unspecified atom stereocenters. The zero-order valence-corrected chi connectivity index (χ0v) is 11.9. The van der Waals surface area contributed by atoms with Crippen LogP contribution in [-0.2, 0) is 4.79 Å². The molecule has 0 aromatic heterocycles. The summed E-state index contributed by atoms with van der Waals surface area (Å²) < 4.78 is 0. The van der Waals surface area contributed by atoms with E-state index in [1.54, 1.807) is 24.3 Å². The molecule has 0 radical (unpaired) electrons. The van der Waals surface area contributed by atoms with E-state index in [9.17, 15) is 14.7 Å². The normalized spacial score (nSPS) is 20.2. The lowest BCUT2D eigenvalue weighted by molar-refractivity contribution is -0.111. The van der Waals surface area contributed by atoms with Crippen molar-refractivity contribution >= 4 is 29.1 Å². The lowest BCUT2D eigenvalue weighted by Crippen LogP contribution is -2.24. The van der Waals surface area contributed by atoms with Crippen molar-refractivity contribution in [3.63, 3.8) is 0 Å². The highest BCUT2D eigenvalue weighted by Gasteiger charge is 2.34. The van der Waals surface area contributed by atoms with Crippen molar-refractivity contribution in [3.05, 3.63) is 40.3 Å². The predicted molar refractivity (Wildman–Crippen MR) is 79.8 cm³/mol. The predicted octanol–water partition coefficient (Wildman–Crippen LogP) is 3.74. The van der Waals surface area contributed by atoms with Gasteiger partial charge in [-0.15, -0.1) is 11.8 Å². The Balaban J connectivity index is 1.96. The summed E-state index contributed by atoms with van der Waals surface area (Å²) >= 11 is 1.38. The number of carbonyl (C=O) groups is 2. The van der Waals surface area contributed by atoms with Crippen molar-refractivity contribution in [3.8, 4) is 0 Å². The van der Waals surface area contributed by atoms with Gasteiger partial charge in [0.05, 0.1) is 0 Å². The van der Waals surface area contributed by atoms with Gasteiger partial charge in [-0.2, -0.15) is 0 Å². The van der Waals surface area contributed by atoms with E-state index >= 15 is 0 Å². The Morgan fingerprint density at radius 1 is 0.950 bits per heavy atom. The van der Waals surface area contributed by atoms with Crippen LogP contribution in [0, 0.1) is 0 Å². The number of allylic oxidation sites excluding steroid dienone is 1. The van der Waals surface area contributed by atoms with Gasteiger partial charge in [0.1, 0.15) is 10.7 Å². The molecule has 20 heavy (non-hydrogen) atoms. The van der Waals surface area contributed by atoms with Gasteiger partial charge in [0, 0.05) is 16.4 Å². The van der Waals surface area contributed by atoms with Gasteiger partial charge in [0.25, 0.3) is 0 Å². The summed E-state index contributed by atoms with van der Waals surface area (Å²) in [5, 5.41) is 10.7. The highest BCUT2D eigenvalue weighted by Crippen LogP contribution is 2.39. The van der Waals surface area contributed by atoms with Crippen LogP contribution in [0.1, 0.15) is 48.0 Å². The smallest absolute Gasteiger partial charge is 0.243 e. The summed E-state index contributed by atoms with van der Waals surface area (Å²) in [6.07, 6.45) is 5.64. The highest BCUT2D eigenvalue weighted by molar-refractivity contribution is 8.04. The number of aliphatic hydroxyl groups is 1. The molecular formula is C16H16O3S. The second-order valence-corrected chi connectivity index (χ2v) is 6.57. The molecular weight excluding hydrogens is 272 g/mol. The van der Waals surface area contributed by atoms with E-state index in [-0.39, 0.29) is 10.7 Å². The molecule has 0 aliphatic heterocycles. The van der Waals surface area contributed by atoms with Gasteiger partial charge in [-0.25, -0.2) is 0 Å². The number of hydrogen-bond acceptors (Lipinski definition) is 4. The average Bonchev–Trinajstić information content (AvgIpc) is 2.50. The molecule has 0 spiro atoms. The summed E-state index contributed by atoms with van der Waals surface area (Å²) in [6, 6.07) is 6.75. The van der Waals surface area contributed by atoms with Crippen LogP contribution in [0.25, 0.3) is 5.76 Å². The number of hydrogen-bond donors (Lipinski definition) is 1. The molecule has 1 fully saturated rings. The molecule has 1 aromatic rings. The molecule has 4 heteroatoms. The molecule has 0 amide bonds. The number of ketones is 2. The number of fused-ring (bicyclic) bond motifs is 1. The van der Waals surface area contributed by atoms with Gasteiger partial charge >= 0.3 is 0 Å². The molecule has 2 aliphatic rings. The Morgan fingerprint density at radius 2 is 1.60 bits per heavy atom. The van der Waals surface area contributed by atoms with E-state index in [4.69, 9.17) is 0 Å². The van der Waals surface area contributed by atoms with Crippen molar-refractivity contribution in [1.29, 1.82) is 0 Å². The van der Waals surface area contributed by atoms with Gasteiger partial charge in [0.15, 0.2) is 0 Å². The number of rotatable bonds is 2. The molecule has 2 aliphatic carbocycles. The maximum absolute atomic E-state index is 12.2. The third-order valence-electron chi connectivity index (χ3n) is 3.89. The molecule has 1 N–H and O–H groups in total.